The number of ketones is 1. The summed E-state index contributed by atoms with van der Waals surface area (Å²) in [5, 5.41) is 25.5. The Morgan fingerprint density at radius 3 is 2.36 bits per heavy atom. The van der Waals surface area contributed by atoms with Crippen LogP contribution in [-0.4, -0.2) is 46.2 Å². The number of hydrogen-bond donors (Lipinski definition) is 3. The molecule has 0 saturated heterocycles. The number of hydrogen-bond acceptors (Lipinski definition) is 5. The second-order valence-electron chi connectivity index (χ2n) is 2.07. The average molecular weight is 162 g/mol. The Morgan fingerprint density at radius 2 is 2.00 bits per heavy atom. The lowest BCUT2D eigenvalue weighted by molar-refractivity contribution is -0.133. The van der Waals surface area contributed by atoms with Gasteiger partial charge < -0.3 is 20.1 Å². The minimum Gasteiger partial charge on any atom is -0.393 e. The van der Waals surface area contributed by atoms with Crippen LogP contribution in [0.3, 0.4) is 0 Å². The number of aliphatic hydroxyl groups excluding tert-OH is 3. The van der Waals surface area contributed by atoms with Crippen molar-refractivity contribution in [2.24, 2.45) is 0 Å². The molecule has 0 aromatic carbocycles. The lowest BCUT2D eigenvalue weighted by Crippen LogP contribution is -2.28. The van der Waals surface area contributed by atoms with Gasteiger partial charge in [-0.1, -0.05) is 0 Å². The molecule has 0 rings (SSSR count). The van der Waals surface area contributed by atoms with Gasteiger partial charge in [0.15, 0.2) is 5.78 Å². The fraction of sp³-hybridized carbons (Fsp3) is 0.667. The van der Waals surface area contributed by atoms with Crippen LogP contribution in [0, 0.1) is 0 Å². The molecule has 0 amide bonds. The molecule has 11 heavy (non-hydrogen) atoms. The third-order valence-corrected chi connectivity index (χ3v) is 1.11. The highest BCUT2D eigenvalue weighted by Gasteiger charge is 2.17. The van der Waals surface area contributed by atoms with Gasteiger partial charge in [-0.2, -0.15) is 0 Å². The zero-order chi connectivity index (χ0) is 8.85. The number of aldehydes is 1. The number of aliphatic hydroxyl groups is 3. The predicted octanol–water partition coefficient (Wildman–Crippen LogP) is -2.14. The van der Waals surface area contributed by atoms with Crippen LogP contribution in [-0.2, 0) is 9.59 Å². The molecule has 0 aliphatic rings. The molecule has 0 fully saturated rings. The fourth-order valence-electron chi connectivity index (χ4n) is 0.492. The van der Waals surface area contributed by atoms with Gasteiger partial charge in [-0.25, -0.2) is 0 Å². The molecule has 0 saturated carbocycles. The van der Waals surface area contributed by atoms with E-state index in [0.29, 0.717) is 0 Å². The summed E-state index contributed by atoms with van der Waals surface area (Å²) in [6.07, 6.45) is -3.14. The summed E-state index contributed by atoms with van der Waals surface area (Å²) >= 11 is 0. The number of carbonyl (C=O) groups is 2. The fourth-order valence-corrected chi connectivity index (χ4v) is 0.492. The van der Waals surface area contributed by atoms with E-state index in [-0.39, 0.29) is 6.29 Å². The first-order valence-corrected chi connectivity index (χ1v) is 3.06. The molecular weight excluding hydrogens is 152 g/mol. The van der Waals surface area contributed by atoms with E-state index in [9.17, 15) is 9.59 Å². The normalized spacial score (nSPS) is 15.5. The molecule has 0 aromatic heterocycles. The first-order chi connectivity index (χ1) is 5.11. The van der Waals surface area contributed by atoms with Crippen LogP contribution in [0.2, 0.25) is 0 Å². The second-order valence-corrected chi connectivity index (χ2v) is 2.07. The van der Waals surface area contributed by atoms with Gasteiger partial charge in [-0.3, -0.25) is 4.79 Å². The summed E-state index contributed by atoms with van der Waals surface area (Å²) in [6, 6.07) is 0. The van der Waals surface area contributed by atoms with Gasteiger partial charge in [0.25, 0.3) is 0 Å². The maximum Gasteiger partial charge on any atom is 0.166 e. The number of Topliss-reactive ketones (excluding diaryl/α,β-unsaturated/α-hetero) is 1. The zero-order valence-corrected chi connectivity index (χ0v) is 5.80. The molecule has 3 N–H and O–H groups in total. The van der Waals surface area contributed by atoms with Crippen molar-refractivity contribution >= 4 is 12.1 Å². The Hall–Kier alpha value is -0.780. The van der Waals surface area contributed by atoms with E-state index >= 15 is 0 Å². The highest BCUT2D eigenvalue weighted by Crippen LogP contribution is 1.94. The molecule has 0 unspecified atom stereocenters. The van der Waals surface area contributed by atoms with Crippen LogP contribution in [0.4, 0.5) is 0 Å². The van der Waals surface area contributed by atoms with Crippen molar-refractivity contribution in [1.82, 2.24) is 0 Å². The Kier molecular flexibility index (Phi) is 4.60. The molecule has 5 nitrogen and oxygen atoms in total. The van der Waals surface area contributed by atoms with Crippen molar-refractivity contribution in [3.63, 3.8) is 0 Å². The lowest BCUT2D eigenvalue weighted by Gasteiger charge is -2.05. The molecule has 0 aliphatic carbocycles. The van der Waals surface area contributed by atoms with Crippen molar-refractivity contribution in [3.05, 3.63) is 0 Å². The Labute approximate surface area is 63.3 Å². The third kappa shape index (κ3) is 3.82. The molecule has 5 heteroatoms. The Balaban J connectivity index is 3.76. The minimum absolute atomic E-state index is 0.196. The quantitative estimate of drug-likeness (QED) is 0.401. The molecule has 0 heterocycles. The smallest absolute Gasteiger partial charge is 0.166 e. The summed E-state index contributed by atoms with van der Waals surface area (Å²) in [5.74, 6) is -0.743. The number of rotatable bonds is 5. The van der Waals surface area contributed by atoms with Crippen LogP contribution < -0.4 is 0 Å². The summed E-state index contributed by atoms with van der Waals surface area (Å²) in [5.41, 5.74) is 0. The van der Waals surface area contributed by atoms with Gasteiger partial charge in [0.1, 0.15) is 18.5 Å². The van der Waals surface area contributed by atoms with Gasteiger partial charge in [0.05, 0.1) is 6.61 Å². The second kappa shape index (κ2) is 4.95. The zero-order valence-electron chi connectivity index (χ0n) is 5.80. The van der Waals surface area contributed by atoms with Crippen molar-refractivity contribution in [1.29, 1.82) is 0 Å². The van der Waals surface area contributed by atoms with Crippen LogP contribution in [0.15, 0.2) is 0 Å². The van der Waals surface area contributed by atoms with Crippen LogP contribution in [0.5, 0.6) is 0 Å². The summed E-state index contributed by atoms with van der Waals surface area (Å²) in [7, 11) is 0. The van der Waals surface area contributed by atoms with Gasteiger partial charge in [-0.05, 0) is 0 Å². The molecule has 64 valence electrons. The highest BCUT2D eigenvalue weighted by atomic mass is 16.3. The lowest BCUT2D eigenvalue weighted by atomic mass is 10.1. The molecule has 0 radical (unpaired) electrons. The summed E-state index contributed by atoms with van der Waals surface area (Å²) < 4.78 is 0. The van der Waals surface area contributed by atoms with Gasteiger partial charge in [-0.15, -0.1) is 0 Å². The topological polar surface area (TPSA) is 94.8 Å². The van der Waals surface area contributed by atoms with Crippen LogP contribution >= 0.6 is 0 Å². The minimum atomic E-state index is -1.50. The molecule has 0 bridgehead atoms. The van der Waals surface area contributed by atoms with E-state index in [1.54, 1.807) is 0 Å². The summed E-state index contributed by atoms with van der Waals surface area (Å²) in [4.78, 5) is 20.4. The first kappa shape index (κ1) is 10.2. The predicted molar refractivity (Wildman–Crippen MR) is 34.8 cm³/mol. The van der Waals surface area contributed by atoms with Crippen LogP contribution in [0.25, 0.3) is 0 Å². The van der Waals surface area contributed by atoms with Crippen molar-refractivity contribution in [2.45, 2.75) is 18.6 Å². The van der Waals surface area contributed by atoms with E-state index in [2.05, 4.69) is 0 Å². The van der Waals surface area contributed by atoms with Gasteiger partial charge >= 0.3 is 0 Å². The molecule has 2 atom stereocenters. The maximum absolute atomic E-state index is 10.6. The number of carbonyl (C=O) groups excluding carboxylic acids is 2. The van der Waals surface area contributed by atoms with Crippen molar-refractivity contribution < 1.29 is 24.9 Å². The van der Waals surface area contributed by atoms with Gasteiger partial charge in [0.2, 0.25) is 0 Å². The molecule has 0 aromatic rings. The molecule has 0 spiro atoms. The maximum atomic E-state index is 10.6. The van der Waals surface area contributed by atoms with E-state index in [1.807, 2.05) is 0 Å². The van der Waals surface area contributed by atoms with E-state index < -0.39 is 31.0 Å². The third-order valence-electron chi connectivity index (χ3n) is 1.11. The van der Waals surface area contributed by atoms with E-state index in [0.717, 1.165) is 0 Å². The first-order valence-electron chi connectivity index (χ1n) is 3.06. The Bertz CT molecular complexity index is 144. The monoisotopic (exact) mass is 162 g/mol. The molecule has 0 aliphatic heterocycles. The summed E-state index contributed by atoms with van der Waals surface area (Å²) in [6.45, 7) is -0.690. The van der Waals surface area contributed by atoms with E-state index in [1.165, 1.54) is 0 Å². The van der Waals surface area contributed by atoms with Crippen molar-refractivity contribution in [3.8, 4) is 0 Å². The largest absolute Gasteiger partial charge is 0.393 e. The van der Waals surface area contributed by atoms with E-state index in [4.69, 9.17) is 15.3 Å². The van der Waals surface area contributed by atoms with Gasteiger partial charge in [0, 0.05) is 6.42 Å². The average Bonchev–Trinajstić information content (AvgIpc) is 2.02. The highest BCUT2D eigenvalue weighted by molar-refractivity contribution is 5.85. The standard InChI is InChI=1S/C6H10O5/c7-2-4(9)1-5(10)6(11)3-8/h2,4,6,8-9,11H,1,3H2/t4-,6-/m1/s1. The van der Waals surface area contributed by atoms with Crippen molar-refractivity contribution in [2.75, 3.05) is 6.61 Å². The van der Waals surface area contributed by atoms with Crippen LogP contribution in [0.1, 0.15) is 6.42 Å². The SMILES string of the molecule is O=C[C@H](O)CC(=O)[C@H](O)CO. The molecular formula is C6H10O5. The Morgan fingerprint density at radius 1 is 1.45 bits per heavy atom.